The highest BCUT2D eigenvalue weighted by Gasteiger charge is 2.42. The zero-order chi connectivity index (χ0) is 21.8. The van der Waals surface area contributed by atoms with Crippen LogP contribution < -0.4 is 0 Å². The van der Waals surface area contributed by atoms with E-state index in [4.69, 9.17) is 39.9 Å². The molecule has 1 aliphatic carbocycles. The van der Waals surface area contributed by atoms with E-state index < -0.39 is 0 Å². The summed E-state index contributed by atoms with van der Waals surface area (Å²) in [5, 5.41) is 17.7. The average Bonchev–Trinajstić information content (AvgIpc) is 3.16. The van der Waals surface area contributed by atoms with Gasteiger partial charge in [-0.15, -0.1) is 10.2 Å². The number of nitrogens with zero attached hydrogens (tertiary/aromatic N) is 4. The van der Waals surface area contributed by atoms with Gasteiger partial charge in [-0.1, -0.05) is 72.1 Å². The number of hydrogen-bond donors (Lipinski definition) is 0. The summed E-state index contributed by atoms with van der Waals surface area (Å²) in [6.45, 7) is 4.36. The van der Waals surface area contributed by atoms with Crippen molar-refractivity contribution >= 4 is 46.1 Å². The van der Waals surface area contributed by atoms with Crippen LogP contribution >= 0.6 is 46.1 Å². The topological polar surface area (TPSA) is 43.6 Å². The number of hydrogen-bond acceptors (Lipinski definition) is 4. The van der Waals surface area contributed by atoms with Crippen LogP contribution in [-0.4, -0.2) is 20.0 Å². The Kier molecular flexibility index (Phi) is 5.33. The fourth-order valence-electron chi connectivity index (χ4n) is 3.65. The van der Waals surface area contributed by atoms with Crippen molar-refractivity contribution in [2.45, 2.75) is 38.5 Å². The summed E-state index contributed by atoms with van der Waals surface area (Å²) in [6.07, 6.45) is 3.10. The van der Waals surface area contributed by atoms with E-state index in [1.165, 1.54) is 0 Å². The van der Waals surface area contributed by atoms with Crippen LogP contribution in [0.25, 0.3) is 27.6 Å². The van der Waals surface area contributed by atoms with Crippen LogP contribution in [-0.2, 0) is 11.8 Å². The van der Waals surface area contributed by atoms with Crippen LogP contribution in [0, 0.1) is 0 Å². The molecule has 5 rings (SSSR count). The van der Waals surface area contributed by atoms with Crippen molar-refractivity contribution in [1.82, 2.24) is 20.0 Å². The molecule has 0 spiro atoms. The first kappa shape index (κ1) is 21.0. The average molecular weight is 490 g/mol. The molecule has 158 valence electrons. The van der Waals surface area contributed by atoms with Crippen LogP contribution in [0.3, 0.4) is 0 Å². The van der Waals surface area contributed by atoms with E-state index in [-0.39, 0.29) is 5.41 Å². The standard InChI is InChI=1S/C23H19Cl3N4S/c1-3-16-19(21-27-28-22(31-21)23(2)10-11-23)29-30(18-9-8-15(25)12-17(18)26)20(16)13-4-6-14(24)7-5-13/h4-9,12H,3,10-11H2,1-2H3. The van der Waals surface area contributed by atoms with Gasteiger partial charge in [-0.25, -0.2) is 4.68 Å². The lowest BCUT2D eigenvalue weighted by atomic mass is 10.0. The maximum atomic E-state index is 6.58. The summed E-state index contributed by atoms with van der Waals surface area (Å²) >= 11 is 20.5. The van der Waals surface area contributed by atoms with Crippen molar-refractivity contribution in [3.8, 4) is 27.6 Å². The summed E-state index contributed by atoms with van der Waals surface area (Å²) in [7, 11) is 0. The van der Waals surface area contributed by atoms with Gasteiger partial charge >= 0.3 is 0 Å². The van der Waals surface area contributed by atoms with Crippen molar-refractivity contribution < 1.29 is 0 Å². The molecule has 0 atom stereocenters. The molecule has 4 aromatic rings. The van der Waals surface area contributed by atoms with Crippen LogP contribution in [0.1, 0.15) is 37.3 Å². The smallest absolute Gasteiger partial charge is 0.168 e. The second-order valence-corrected chi connectivity index (χ2v) is 10.3. The lowest BCUT2D eigenvalue weighted by Crippen LogP contribution is -2.01. The van der Waals surface area contributed by atoms with Crippen molar-refractivity contribution in [1.29, 1.82) is 0 Å². The highest BCUT2D eigenvalue weighted by atomic mass is 35.5. The molecule has 0 amide bonds. The third-order valence-corrected chi connectivity index (χ3v) is 7.76. The third kappa shape index (κ3) is 3.78. The Morgan fingerprint density at radius 3 is 2.35 bits per heavy atom. The van der Waals surface area contributed by atoms with Gasteiger partial charge in [0.05, 0.1) is 16.4 Å². The van der Waals surface area contributed by atoms with Gasteiger partial charge in [0.15, 0.2) is 5.01 Å². The molecule has 2 aromatic carbocycles. The highest BCUT2D eigenvalue weighted by Crippen LogP contribution is 2.49. The molecule has 2 heterocycles. The van der Waals surface area contributed by atoms with Crippen molar-refractivity contribution in [3.05, 3.63) is 68.1 Å². The van der Waals surface area contributed by atoms with Gasteiger partial charge in [0.2, 0.25) is 0 Å². The molecule has 1 saturated carbocycles. The molecule has 0 saturated heterocycles. The van der Waals surface area contributed by atoms with Gasteiger partial charge in [-0.05, 0) is 49.6 Å². The summed E-state index contributed by atoms with van der Waals surface area (Å²) in [4.78, 5) is 0. The zero-order valence-electron chi connectivity index (χ0n) is 17.0. The molecule has 0 unspecified atom stereocenters. The summed E-state index contributed by atoms with van der Waals surface area (Å²) in [5.41, 5.74) is 4.83. The Labute approximate surface area is 199 Å². The Hall–Kier alpha value is -1.92. The van der Waals surface area contributed by atoms with Crippen LogP contribution in [0.2, 0.25) is 15.1 Å². The Morgan fingerprint density at radius 2 is 1.71 bits per heavy atom. The van der Waals surface area contributed by atoms with Gasteiger partial charge in [0.1, 0.15) is 10.7 Å². The molecular formula is C23H19Cl3N4S. The van der Waals surface area contributed by atoms with Crippen LogP contribution in [0.15, 0.2) is 42.5 Å². The number of benzene rings is 2. The third-order valence-electron chi connectivity index (χ3n) is 5.74. The lowest BCUT2D eigenvalue weighted by molar-refractivity contribution is 0.757. The molecule has 8 heteroatoms. The number of halogens is 3. The fourth-order valence-corrected chi connectivity index (χ4v) is 5.33. The molecule has 0 bridgehead atoms. The Morgan fingerprint density at radius 1 is 1.00 bits per heavy atom. The quantitative estimate of drug-likeness (QED) is 0.289. The molecule has 2 aromatic heterocycles. The minimum absolute atomic E-state index is 0.170. The van der Waals surface area contributed by atoms with E-state index >= 15 is 0 Å². The van der Waals surface area contributed by atoms with Gasteiger partial charge in [0.25, 0.3) is 0 Å². The molecule has 1 aliphatic rings. The molecule has 1 fully saturated rings. The minimum Gasteiger partial charge on any atom is -0.231 e. The molecule has 0 radical (unpaired) electrons. The maximum Gasteiger partial charge on any atom is 0.168 e. The minimum atomic E-state index is 0.170. The second kappa shape index (κ2) is 7.89. The number of aromatic nitrogens is 4. The van der Waals surface area contributed by atoms with Crippen LogP contribution in [0.4, 0.5) is 0 Å². The summed E-state index contributed by atoms with van der Waals surface area (Å²) < 4.78 is 1.88. The van der Waals surface area contributed by atoms with Crippen molar-refractivity contribution in [3.63, 3.8) is 0 Å². The van der Waals surface area contributed by atoms with E-state index in [2.05, 4.69) is 24.0 Å². The predicted octanol–water partition coefficient (Wildman–Crippen LogP) is 7.63. The van der Waals surface area contributed by atoms with Gasteiger partial charge in [-0.2, -0.15) is 5.10 Å². The van der Waals surface area contributed by atoms with E-state index in [0.717, 1.165) is 57.5 Å². The summed E-state index contributed by atoms with van der Waals surface area (Å²) in [6, 6.07) is 13.2. The maximum absolute atomic E-state index is 6.58. The van der Waals surface area contributed by atoms with E-state index in [0.29, 0.717) is 15.1 Å². The molecular weight excluding hydrogens is 471 g/mol. The fraction of sp³-hybridized carbons (Fsp3) is 0.261. The van der Waals surface area contributed by atoms with Gasteiger partial charge in [0, 0.05) is 26.6 Å². The van der Waals surface area contributed by atoms with Gasteiger partial charge in [-0.3, -0.25) is 0 Å². The second-order valence-electron chi connectivity index (χ2n) is 8.02. The molecule has 4 nitrogen and oxygen atoms in total. The van der Waals surface area contributed by atoms with Crippen molar-refractivity contribution in [2.24, 2.45) is 0 Å². The zero-order valence-corrected chi connectivity index (χ0v) is 20.1. The first-order valence-electron chi connectivity index (χ1n) is 10.1. The highest BCUT2D eigenvalue weighted by molar-refractivity contribution is 7.14. The van der Waals surface area contributed by atoms with Crippen molar-refractivity contribution in [2.75, 3.05) is 0 Å². The Bertz CT molecular complexity index is 1270. The SMILES string of the molecule is CCc1c(-c2nnc(C3(C)CC3)s2)nn(-c2ccc(Cl)cc2Cl)c1-c1ccc(Cl)cc1. The van der Waals surface area contributed by atoms with E-state index in [1.807, 2.05) is 41.1 Å². The summed E-state index contributed by atoms with van der Waals surface area (Å²) in [5.74, 6) is 0. The Balaban J connectivity index is 1.74. The monoisotopic (exact) mass is 488 g/mol. The lowest BCUT2D eigenvalue weighted by Gasteiger charge is -2.11. The normalized spacial score (nSPS) is 14.7. The van der Waals surface area contributed by atoms with Gasteiger partial charge < -0.3 is 0 Å². The first-order chi connectivity index (χ1) is 14.9. The molecule has 31 heavy (non-hydrogen) atoms. The van der Waals surface area contributed by atoms with E-state index in [1.54, 1.807) is 17.4 Å². The first-order valence-corrected chi connectivity index (χ1v) is 12.0. The molecule has 0 aliphatic heterocycles. The van der Waals surface area contributed by atoms with Crippen LogP contribution in [0.5, 0.6) is 0 Å². The number of rotatable bonds is 5. The largest absolute Gasteiger partial charge is 0.231 e. The molecule has 0 N–H and O–H groups in total. The van der Waals surface area contributed by atoms with E-state index in [9.17, 15) is 0 Å². The predicted molar refractivity (Wildman–Crippen MR) is 129 cm³/mol.